The number of hydrazine groups is 1. The molecule has 54 valence electrons. The van der Waals surface area contributed by atoms with Crippen LogP contribution < -0.4 is 11.3 Å². The second kappa shape index (κ2) is 3.03. The minimum atomic E-state index is -0.291. The number of nitrogens with two attached hydrogens (primary N) is 1. The van der Waals surface area contributed by atoms with Crippen LogP contribution in [0.15, 0.2) is 24.4 Å². The number of nitrogens with zero attached hydrogens (tertiary/aromatic N) is 1. The van der Waals surface area contributed by atoms with Gasteiger partial charge in [0, 0.05) is 12.7 Å². The van der Waals surface area contributed by atoms with Gasteiger partial charge in [0.05, 0.1) is 0 Å². The smallest absolute Gasteiger partial charge is 0.296 e. The molecule has 10 heavy (non-hydrogen) atoms. The van der Waals surface area contributed by atoms with Gasteiger partial charge < -0.3 is 0 Å². The molecule has 0 aromatic heterocycles. The lowest BCUT2D eigenvalue weighted by Crippen LogP contribution is -2.41. The molecule has 0 saturated carbocycles. The fourth-order valence-corrected chi connectivity index (χ4v) is 0.701. The molecule has 0 aromatic rings. The number of urea groups is 1. The zero-order valence-corrected chi connectivity index (χ0v) is 5.45. The van der Waals surface area contributed by atoms with E-state index < -0.39 is 0 Å². The van der Waals surface area contributed by atoms with E-state index in [1.807, 2.05) is 17.6 Å². The van der Waals surface area contributed by atoms with Crippen molar-refractivity contribution < 1.29 is 4.79 Å². The van der Waals surface area contributed by atoms with E-state index in [-0.39, 0.29) is 6.03 Å². The zero-order chi connectivity index (χ0) is 7.40. The SMILES string of the molecule is NNC(=O)N1C=CC=CC1. The maximum atomic E-state index is 10.8. The minimum absolute atomic E-state index is 0.291. The molecular weight excluding hydrogens is 130 g/mol. The number of carbonyl (C=O) groups excluding carboxylic acids is 1. The molecule has 1 aliphatic rings. The molecule has 1 rings (SSSR count). The van der Waals surface area contributed by atoms with E-state index in [1.54, 1.807) is 12.3 Å². The summed E-state index contributed by atoms with van der Waals surface area (Å²) in [6.07, 6.45) is 7.19. The Hall–Kier alpha value is -1.29. The van der Waals surface area contributed by atoms with Crippen molar-refractivity contribution in [1.82, 2.24) is 10.3 Å². The van der Waals surface area contributed by atoms with E-state index in [9.17, 15) is 4.79 Å². The van der Waals surface area contributed by atoms with Crippen LogP contribution in [0.25, 0.3) is 0 Å². The highest BCUT2D eigenvalue weighted by Gasteiger charge is 2.06. The van der Waals surface area contributed by atoms with Crippen molar-refractivity contribution >= 4 is 6.03 Å². The third-order valence-corrected chi connectivity index (χ3v) is 1.20. The van der Waals surface area contributed by atoms with E-state index in [2.05, 4.69) is 0 Å². The van der Waals surface area contributed by atoms with Crippen LogP contribution in [0.2, 0.25) is 0 Å². The summed E-state index contributed by atoms with van der Waals surface area (Å²) in [5, 5.41) is 0. The first kappa shape index (κ1) is 6.82. The van der Waals surface area contributed by atoms with Crippen molar-refractivity contribution in [3.63, 3.8) is 0 Å². The van der Waals surface area contributed by atoms with Crippen LogP contribution in [0.3, 0.4) is 0 Å². The number of amides is 2. The predicted octanol–water partition coefficient (Wildman–Crippen LogP) is -0.0448. The van der Waals surface area contributed by atoms with Crippen LogP contribution in [-0.4, -0.2) is 17.5 Å². The fraction of sp³-hybridized carbons (Fsp3) is 0.167. The van der Waals surface area contributed by atoms with Gasteiger partial charge in [-0.2, -0.15) is 0 Å². The van der Waals surface area contributed by atoms with Gasteiger partial charge in [0.15, 0.2) is 0 Å². The van der Waals surface area contributed by atoms with Crippen molar-refractivity contribution in [3.8, 4) is 0 Å². The van der Waals surface area contributed by atoms with Crippen molar-refractivity contribution in [3.05, 3.63) is 24.4 Å². The number of hydrogen-bond acceptors (Lipinski definition) is 2. The van der Waals surface area contributed by atoms with Gasteiger partial charge in [-0.25, -0.2) is 10.6 Å². The molecule has 1 heterocycles. The van der Waals surface area contributed by atoms with E-state index >= 15 is 0 Å². The molecule has 4 heteroatoms. The van der Waals surface area contributed by atoms with Gasteiger partial charge in [-0.15, -0.1) is 0 Å². The fourth-order valence-electron chi connectivity index (χ4n) is 0.701. The quantitative estimate of drug-likeness (QED) is 0.281. The second-order valence-electron chi connectivity index (χ2n) is 1.87. The Labute approximate surface area is 59.0 Å². The average molecular weight is 139 g/mol. The Bertz CT molecular complexity index is 185. The number of hydrogen-bond donors (Lipinski definition) is 2. The van der Waals surface area contributed by atoms with Gasteiger partial charge in [-0.3, -0.25) is 10.3 Å². The molecule has 0 fully saturated rings. The Morgan fingerprint density at radius 2 is 2.40 bits per heavy atom. The molecule has 0 spiro atoms. The van der Waals surface area contributed by atoms with Gasteiger partial charge in [0.2, 0.25) is 0 Å². The summed E-state index contributed by atoms with van der Waals surface area (Å²) in [6.45, 7) is 0.583. The van der Waals surface area contributed by atoms with Crippen molar-refractivity contribution in [2.24, 2.45) is 5.84 Å². The molecule has 3 N–H and O–H groups in total. The third-order valence-electron chi connectivity index (χ3n) is 1.20. The van der Waals surface area contributed by atoms with Crippen molar-refractivity contribution in [2.45, 2.75) is 0 Å². The molecule has 0 radical (unpaired) electrons. The van der Waals surface area contributed by atoms with Crippen molar-refractivity contribution in [1.29, 1.82) is 0 Å². The lowest BCUT2D eigenvalue weighted by atomic mass is 10.4. The molecule has 0 unspecified atom stereocenters. The largest absolute Gasteiger partial charge is 0.335 e. The summed E-state index contributed by atoms with van der Waals surface area (Å²) in [5.74, 6) is 4.90. The van der Waals surface area contributed by atoms with Crippen molar-refractivity contribution in [2.75, 3.05) is 6.54 Å². The number of allylic oxidation sites excluding steroid dienone is 2. The Morgan fingerprint density at radius 3 is 2.90 bits per heavy atom. The number of carbonyl (C=O) groups is 1. The summed E-state index contributed by atoms with van der Waals surface area (Å²) in [4.78, 5) is 12.2. The van der Waals surface area contributed by atoms with Gasteiger partial charge >= 0.3 is 6.03 Å². The zero-order valence-electron chi connectivity index (χ0n) is 5.45. The second-order valence-corrected chi connectivity index (χ2v) is 1.87. The minimum Gasteiger partial charge on any atom is -0.296 e. The highest BCUT2D eigenvalue weighted by Crippen LogP contribution is 1.96. The molecule has 0 aromatic carbocycles. The summed E-state index contributed by atoms with van der Waals surface area (Å²) in [5.41, 5.74) is 2.04. The Balaban J connectivity index is 2.51. The summed E-state index contributed by atoms with van der Waals surface area (Å²) in [6, 6.07) is -0.291. The summed E-state index contributed by atoms with van der Waals surface area (Å²) < 4.78 is 0. The number of rotatable bonds is 0. The van der Waals surface area contributed by atoms with Crippen LogP contribution in [-0.2, 0) is 0 Å². The van der Waals surface area contributed by atoms with Crippen LogP contribution in [0.5, 0.6) is 0 Å². The maximum Gasteiger partial charge on any atom is 0.335 e. The summed E-state index contributed by atoms with van der Waals surface area (Å²) in [7, 11) is 0. The molecule has 0 atom stereocenters. The molecule has 1 aliphatic heterocycles. The van der Waals surface area contributed by atoms with E-state index in [0.717, 1.165) is 0 Å². The maximum absolute atomic E-state index is 10.8. The van der Waals surface area contributed by atoms with Gasteiger partial charge in [0.1, 0.15) is 0 Å². The van der Waals surface area contributed by atoms with Gasteiger partial charge in [-0.1, -0.05) is 12.2 Å². The molecular formula is C6H9N3O. The molecule has 0 aliphatic carbocycles. The molecule has 0 saturated heterocycles. The lowest BCUT2D eigenvalue weighted by Gasteiger charge is -2.16. The van der Waals surface area contributed by atoms with E-state index in [4.69, 9.17) is 5.84 Å². The molecule has 2 amide bonds. The molecule has 0 bridgehead atoms. The lowest BCUT2D eigenvalue weighted by molar-refractivity contribution is 0.218. The van der Waals surface area contributed by atoms with E-state index in [0.29, 0.717) is 6.54 Å². The Kier molecular flexibility index (Phi) is 2.07. The van der Waals surface area contributed by atoms with Gasteiger partial charge in [0.25, 0.3) is 0 Å². The first-order valence-corrected chi connectivity index (χ1v) is 2.95. The van der Waals surface area contributed by atoms with Crippen LogP contribution in [0.1, 0.15) is 0 Å². The van der Waals surface area contributed by atoms with Gasteiger partial charge in [-0.05, 0) is 6.08 Å². The monoisotopic (exact) mass is 139 g/mol. The topological polar surface area (TPSA) is 58.4 Å². The van der Waals surface area contributed by atoms with Crippen LogP contribution in [0, 0.1) is 0 Å². The molecule has 4 nitrogen and oxygen atoms in total. The normalized spacial score (nSPS) is 15.5. The highest BCUT2D eigenvalue weighted by atomic mass is 16.2. The first-order valence-electron chi connectivity index (χ1n) is 2.95. The van der Waals surface area contributed by atoms with Crippen LogP contribution in [0.4, 0.5) is 4.79 Å². The van der Waals surface area contributed by atoms with E-state index in [1.165, 1.54) is 4.90 Å². The van der Waals surface area contributed by atoms with Crippen LogP contribution >= 0.6 is 0 Å². The third kappa shape index (κ3) is 1.35. The highest BCUT2D eigenvalue weighted by molar-refractivity contribution is 5.75. The Morgan fingerprint density at radius 1 is 1.60 bits per heavy atom. The predicted molar refractivity (Wildman–Crippen MR) is 37.7 cm³/mol. The summed E-state index contributed by atoms with van der Waals surface area (Å²) >= 11 is 0. The number of nitrogens with one attached hydrogen (secondary N) is 1. The average Bonchev–Trinajstić information content (AvgIpc) is 2.05. The first-order chi connectivity index (χ1) is 4.84. The standard InChI is InChI=1S/C6H9N3O/c7-8-6(10)9-4-2-1-3-5-9/h1-4H,5,7H2,(H,8,10).